The van der Waals surface area contributed by atoms with Gasteiger partial charge in [-0.05, 0) is 55.3 Å². The largest absolute Gasteiger partial charge is 0.465 e. The topological polar surface area (TPSA) is 100 Å². The number of nitrogens with zero attached hydrogens (tertiary/aromatic N) is 3. The van der Waals surface area contributed by atoms with Crippen LogP contribution in [-0.4, -0.2) is 43.1 Å². The molecule has 1 heterocycles. The monoisotopic (exact) mass is 435 g/mol. The van der Waals surface area contributed by atoms with Gasteiger partial charge in [-0.15, -0.1) is 5.10 Å². The average Bonchev–Trinajstić information content (AvgIpc) is 3.20. The number of methoxy groups -OCH3 is 1. The molecule has 2 aromatic carbocycles. The fourth-order valence-electron chi connectivity index (χ4n) is 2.52. The summed E-state index contributed by atoms with van der Waals surface area (Å²) in [6, 6.07) is 12.6. The van der Waals surface area contributed by atoms with Crippen molar-refractivity contribution in [2.24, 2.45) is 0 Å². The van der Waals surface area contributed by atoms with Gasteiger partial charge in [-0.25, -0.2) is 9.48 Å². The van der Waals surface area contributed by atoms with E-state index in [9.17, 15) is 13.2 Å². The van der Waals surface area contributed by atoms with Gasteiger partial charge in [0, 0.05) is 5.02 Å². The Balaban J connectivity index is 1.54. The summed E-state index contributed by atoms with van der Waals surface area (Å²) in [5.41, 5.74) is 1.86. The molecule has 0 amide bonds. The third kappa shape index (κ3) is 5.41. The predicted molar refractivity (Wildman–Crippen MR) is 106 cm³/mol. The van der Waals surface area contributed by atoms with Gasteiger partial charge in [0.15, 0.2) is 0 Å². The van der Waals surface area contributed by atoms with Crippen molar-refractivity contribution >= 4 is 27.7 Å². The van der Waals surface area contributed by atoms with Crippen LogP contribution in [0.15, 0.2) is 59.6 Å². The second-order valence-electron chi connectivity index (χ2n) is 6.03. The van der Waals surface area contributed by atoms with Gasteiger partial charge in [0.05, 0.1) is 41.8 Å². The number of aryl methyl sites for hydroxylation is 1. The molecule has 29 heavy (non-hydrogen) atoms. The maximum Gasteiger partial charge on any atom is 0.337 e. The average molecular weight is 436 g/mol. The zero-order chi connectivity index (χ0) is 20.9. The van der Waals surface area contributed by atoms with E-state index in [0.717, 1.165) is 5.69 Å². The standard InChI is InChI=1S/C19H18ClN3O5S/c1-27-19(24)14-7-9-17(10-8-14)23-13-16(21-22-23)5-3-11-28-29(25,26)18-6-2-4-15(20)12-18/h2,4,6-10,12-13H,3,5,11H2,1H3. The Morgan fingerprint density at radius 3 is 2.62 bits per heavy atom. The van der Waals surface area contributed by atoms with E-state index in [2.05, 4.69) is 15.0 Å². The lowest BCUT2D eigenvalue weighted by Crippen LogP contribution is -2.08. The number of esters is 1. The van der Waals surface area contributed by atoms with E-state index in [1.54, 1.807) is 47.3 Å². The predicted octanol–water partition coefficient (Wildman–Crippen LogP) is 3.05. The summed E-state index contributed by atoms with van der Waals surface area (Å²) in [5.74, 6) is -0.413. The summed E-state index contributed by atoms with van der Waals surface area (Å²) in [6.45, 7) is 0.00946. The van der Waals surface area contributed by atoms with E-state index >= 15 is 0 Å². The van der Waals surface area contributed by atoms with E-state index in [1.165, 1.54) is 19.2 Å². The lowest BCUT2D eigenvalue weighted by atomic mass is 10.2. The van der Waals surface area contributed by atoms with E-state index in [0.29, 0.717) is 29.1 Å². The number of aromatic nitrogens is 3. The van der Waals surface area contributed by atoms with Crippen LogP contribution in [0.5, 0.6) is 0 Å². The van der Waals surface area contributed by atoms with Gasteiger partial charge in [-0.1, -0.05) is 22.9 Å². The first-order valence-electron chi connectivity index (χ1n) is 8.64. The van der Waals surface area contributed by atoms with E-state index in [-0.39, 0.29) is 11.5 Å². The molecule has 3 rings (SSSR count). The number of halogens is 1. The number of hydrogen-bond donors (Lipinski definition) is 0. The fraction of sp³-hybridized carbons (Fsp3) is 0.211. The Bertz CT molecular complexity index is 1100. The number of rotatable bonds is 8. The molecular formula is C19H18ClN3O5S. The zero-order valence-electron chi connectivity index (χ0n) is 15.5. The van der Waals surface area contributed by atoms with Crippen molar-refractivity contribution in [3.63, 3.8) is 0 Å². The van der Waals surface area contributed by atoms with Gasteiger partial charge >= 0.3 is 5.97 Å². The SMILES string of the molecule is COC(=O)c1ccc(-n2cc(CCCOS(=O)(=O)c3cccc(Cl)c3)nn2)cc1. The summed E-state index contributed by atoms with van der Waals surface area (Å²) in [4.78, 5) is 11.5. The summed E-state index contributed by atoms with van der Waals surface area (Å²) in [7, 11) is -2.53. The third-order valence-corrected chi connectivity index (χ3v) is 5.54. The molecule has 0 fully saturated rings. The van der Waals surface area contributed by atoms with Crippen molar-refractivity contribution in [2.75, 3.05) is 13.7 Å². The maximum atomic E-state index is 12.1. The minimum Gasteiger partial charge on any atom is -0.465 e. The van der Waals surface area contributed by atoms with Crippen LogP contribution >= 0.6 is 11.6 Å². The van der Waals surface area contributed by atoms with Gasteiger partial charge in [0.1, 0.15) is 0 Å². The van der Waals surface area contributed by atoms with Crippen LogP contribution in [0.1, 0.15) is 22.5 Å². The lowest BCUT2D eigenvalue weighted by molar-refractivity contribution is 0.0600. The quantitative estimate of drug-likeness (QED) is 0.304. The summed E-state index contributed by atoms with van der Waals surface area (Å²) in [6.07, 6.45) is 2.67. The van der Waals surface area contributed by atoms with Gasteiger partial charge < -0.3 is 4.74 Å². The van der Waals surface area contributed by atoms with Crippen molar-refractivity contribution in [3.05, 3.63) is 71.0 Å². The van der Waals surface area contributed by atoms with Gasteiger partial charge in [-0.2, -0.15) is 8.42 Å². The highest BCUT2D eigenvalue weighted by Crippen LogP contribution is 2.18. The molecule has 1 aromatic heterocycles. The van der Waals surface area contributed by atoms with E-state index in [1.807, 2.05) is 0 Å². The molecule has 0 aliphatic heterocycles. The van der Waals surface area contributed by atoms with E-state index in [4.69, 9.17) is 15.8 Å². The number of hydrogen-bond acceptors (Lipinski definition) is 7. The molecule has 0 atom stereocenters. The molecule has 0 aliphatic rings. The van der Waals surface area contributed by atoms with Crippen LogP contribution in [0.4, 0.5) is 0 Å². The van der Waals surface area contributed by atoms with Crippen LogP contribution in [0.25, 0.3) is 5.69 Å². The Labute approximate surface area is 173 Å². The molecule has 3 aromatic rings. The molecule has 0 saturated heterocycles. The minimum atomic E-state index is -3.85. The van der Waals surface area contributed by atoms with Crippen LogP contribution in [0.2, 0.25) is 5.02 Å². The molecule has 0 bridgehead atoms. The Kier molecular flexibility index (Phi) is 6.63. The number of carbonyl (C=O) groups is 1. The third-order valence-electron chi connectivity index (χ3n) is 3.99. The second-order valence-corrected chi connectivity index (χ2v) is 8.08. The molecule has 0 N–H and O–H groups in total. The smallest absolute Gasteiger partial charge is 0.337 e. The highest BCUT2D eigenvalue weighted by atomic mass is 35.5. The van der Waals surface area contributed by atoms with Crippen molar-refractivity contribution in [1.29, 1.82) is 0 Å². The number of ether oxygens (including phenoxy) is 1. The molecule has 0 saturated carbocycles. The summed E-state index contributed by atoms with van der Waals surface area (Å²) < 4.78 is 35.6. The minimum absolute atomic E-state index is 0.00946. The Hall–Kier alpha value is -2.75. The first-order chi connectivity index (χ1) is 13.9. The fourth-order valence-corrected chi connectivity index (χ4v) is 3.76. The molecule has 0 unspecified atom stereocenters. The lowest BCUT2D eigenvalue weighted by Gasteiger charge is -2.05. The van der Waals surface area contributed by atoms with Crippen molar-refractivity contribution in [3.8, 4) is 5.69 Å². The van der Waals surface area contributed by atoms with Crippen LogP contribution < -0.4 is 0 Å². The molecule has 0 aliphatic carbocycles. The van der Waals surface area contributed by atoms with Crippen molar-refractivity contribution in [1.82, 2.24) is 15.0 Å². The second kappa shape index (κ2) is 9.17. The molecule has 152 valence electrons. The van der Waals surface area contributed by atoms with Crippen LogP contribution in [0.3, 0.4) is 0 Å². The number of carbonyl (C=O) groups excluding carboxylic acids is 1. The van der Waals surface area contributed by atoms with Gasteiger partial charge in [-0.3, -0.25) is 4.18 Å². The van der Waals surface area contributed by atoms with Gasteiger partial charge in [0.2, 0.25) is 0 Å². The first-order valence-corrected chi connectivity index (χ1v) is 10.4. The number of benzene rings is 2. The molecule has 10 heteroatoms. The van der Waals surface area contributed by atoms with E-state index < -0.39 is 16.1 Å². The van der Waals surface area contributed by atoms with Gasteiger partial charge in [0.25, 0.3) is 10.1 Å². The normalized spacial score (nSPS) is 11.4. The van der Waals surface area contributed by atoms with Crippen molar-refractivity contribution < 1.29 is 22.1 Å². The van der Waals surface area contributed by atoms with Crippen LogP contribution in [-0.2, 0) is 25.5 Å². The van der Waals surface area contributed by atoms with Crippen LogP contribution in [0, 0.1) is 0 Å². The zero-order valence-corrected chi connectivity index (χ0v) is 17.1. The molecular weight excluding hydrogens is 418 g/mol. The highest BCUT2D eigenvalue weighted by molar-refractivity contribution is 7.86. The first kappa shape index (κ1) is 21.0. The molecule has 8 nitrogen and oxygen atoms in total. The molecule has 0 radical (unpaired) electrons. The molecule has 0 spiro atoms. The summed E-state index contributed by atoms with van der Waals surface area (Å²) in [5, 5.41) is 8.44. The van der Waals surface area contributed by atoms with Crippen molar-refractivity contribution in [2.45, 2.75) is 17.7 Å². The highest BCUT2D eigenvalue weighted by Gasteiger charge is 2.15. The maximum absolute atomic E-state index is 12.1. The summed E-state index contributed by atoms with van der Waals surface area (Å²) >= 11 is 5.82. The Morgan fingerprint density at radius 1 is 1.17 bits per heavy atom. The Morgan fingerprint density at radius 2 is 1.93 bits per heavy atom.